The van der Waals surface area contributed by atoms with Gasteiger partial charge in [0.1, 0.15) is 0 Å². The Bertz CT molecular complexity index is 304. The zero-order valence-electron chi connectivity index (χ0n) is 11.4. The van der Waals surface area contributed by atoms with Crippen molar-refractivity contribution in [2.24, 2.45) is 17.3 Å². The molecule has 2 aliphatic rings. The van der Waals surface area contributed by atoms with Gasteiger partial charge in [-0.1, -0.05) is 38.5 Å². The summed E-state index contributed by atoms with van der Waals surface area (Å²) >= 11 is 0. The predicted octanol–water partition coefficient (Wildman–Crippen LogP) is 3.30. The van der Waals surface area contributed by atoms with E-state index >= 15 is 0 Å². The number of hydrogen-bond acceptors (Lipinski definition) is 2. The fraction of sp³-hybridized carbons (Fsp3) is 0.867. The summed E-state index contributed by atoms with van der Waals surface area (Å²) < 4.78 is 0. The Hall–Kier alpha value is -1.06. The van der Waals surface area contributed by atoms with Crippen LogP contribution in [0.4, 0.5) is 0 Å². The van der Waals surface area contributed by atoms with Crippen LogP contribution >= 0.6 is 0 Å². The average molecular weight is 268 g/mol. The van der Waals surface area contributed by atoms with Crippen LogP contribution in [0.3, 0.4) is 0 Å². The highest BCUT2D eigenvalue weighted by atomic mass is 16.4. The first-order chi connectivity index (χ1) is 9.10. The molecule has 0 aromatic rings. The van der Waals surface area contributed by atoms with Gasteiger partial charge in [-0.15, -0.1) is 0 Å². The SMILES string of the molecule is O=C(O)C(C(=O)O)(C1CCCCC1)C1CCCCC1. The lowest BCUT2D eigenvalue weighted by molar-refractivity contribution is -0.178. The maximum atomic E-state index is 11.9. The van der Waals surface area contributed by atoms with Crippen molar-refractivity contribution in [1.29, 1.82) is 0 Å². The Balaban J connectivity index is 2.33. The van der Waals surface area contributed by atoms with Gasteiger partial charge in [-0.25, -0.2) is 0 Å². The molecule has 2 N–H and O–H groups in total. The quantitative estimate of drug-likeness (QED) is 0.767. The molecule has 108 valence electrons. The summed E-state index contributed by atoms with van der Waals surface area (Å²) in [5.41, 5.74) is -1.53. The third-order valence-electron chi connectivity index (χ3n) is 5.21. The lowest BCUT2D eigenvalue weighted by Crippen LogP contribution is -2.52. The van der Waals surface area contributed by atoms with Gasteiger partial charge in [-0.05, 0) is 37.5 Å². The van der Waals surface area contributed by atoms with Crippen molar-refractivity contribution in [2.75, 3.05) is 0 Å². The van der Waals surface area contributed by atoms with E-state index in [1.54, 1.807) is 0 Å². The van der Waals surface area contributed by atoms with Crippen molar-refractivity contribution in [1.82, 2.24) is 0 Å². The molecule has 0 radical (unpaired) electrons. The van der Waals surface area contributed by atoms with Gasteiger partial charge in [0.15, 0.2) is 5.41 Å². The van der Waals surface area contributed by atoms with Crippen LogP contribution in [-0.4, -0.2) is 22.2 Å². The van der Waals surface area contributed by atoms with Crippen molar-refractivity contribution >= 4 is 11.9 Å². The van der Waals surface area contributed by atoms with E-state index in [1.165, 1.54) is 0 Å². The third-order valence-corrected chi connectivity index (χ3v) is 5.21. The van der Waals surface area contributed by atoms with Crippen LogP contribution < -0.4 is 0 Å². The van der Waals surface area contributed by atoms with Gasteiger partial charge in [0.05, 0.1) is 0 Å². The topological polar surface area (TPSA) is 74.6 Å². The van der Waals surface area contributed by atoms with E-state index in [1.807, 2.05) is 0 Å². The van der Waals surface area contributed by atoms with E-state index in [9.17, 15) is 19.8 Å². The fourth-order valence-corrected chi connectivity index (χ4v) is 4.24. The number of carboxylic acids is 2. The van der Waals surface area contributed by atoms with Crippen molar-refractivity contribution in [3.05, 3.63) is 0 Å². The third kappa shape index (κ3) is 2.49. The molecular weight excluding hydrogens is 244 g/mol. The zero-order chi connectivity index (χ0) is 13.9. The maximum absolute atomic E-state index is 11.9. The van der Waals surface area contributed by atoms with Crippen LogP contribution in [-0.2, 0) is 9.59 Å². The summed E-state index contributed by atoms with van der Waals surface area (Å²) in [5, 5.41) is 19.4. The monoisotopic (exact) mass is 268 g/mol. The summed E-state index contributed by atoms with van der Waals surface area (Å²) in [6, 6.07) is 0. The Morgan fingerprint density at radius 2 is 1.00 bits per heavy atom. The molecule has 0 saturated heterocycles. The molecular formula is C15H24O4. The molecule has 2 fully saturated rings. The summed E-state index contributed by atoms with van der Waals surface area (Å²) in [5.74, 6) is -2.56. The second-order valence-electron chi connectivity index (χ2n) is 6.15. The van der Waals surface area contributed by atoms with Gasteiger partial charge in [0.25, 0.3) is 0 Å². The molecule has 0 aromatic heterocycles. The molecule has 19 heavy (non-hydrogen) atoms. The van der Waals surface area contributed by atoms with Crippen LogP contribution in [0.25, 0.3) is 0 Å². The second kappa shape index (κ2) is 5.93. The summed E-state index contributed by atoms with van der Waals surface area (Å²) in [4.78, 5) is 23.8. The molecule has 0 amide bonds. The first kappa shape index (κ1) is 14.4. The maximum Gasteiger partial charge on any atom is 0.321 e. The molecule has 2 rings (SSSR count). The first-order valence-electron chi connectivity index (χ1n) is 7.57. The van der Waals surface area contributed by atoms with Gasteiger partial charge in [0, 0.05) is 0 Å². The van der Waals surface area contributed by atoms with Crippen molar-refractivity contribution in [2.45, 2.75) is 64.2 Å². The lowest BCUT2D eigenvalue weighted by atomic mass is 9.58. The van der Waals surface area contributed by atoms with E-state index in [4.69, 9.17) is 0 Å². The number of carboxylic acid groups (broad SMARTS) is 2. The minimum absolute atomic E-state index is 0.181. The highest BCUT2D eigenvalue weighted by molar-refractivity contribution is 5.99. The Labute approximate surface area is 114 Å². The molecule has 0 spiro atoms. The highest BCUT2D eigenvalue weighted by Crippen LogP contribution is 2.49. The largest absolute Gasteiger partial charge is 0.480 e. The number of hydrogen-bond donors (Lipinski definition) is 2. The standard InChI is InChI=1S/C15H24O4/c16-13(17)15(14(18)19,11-7-3-1-4-8-11)12-9-5-2-6-10-12/h11-12H,1-10H2,(H,16,17)(H,18,19). The smallest absolute Gasteiger partial charge is 0.321 e. The molecule has 0 atom stereocenters. The van der Waals surface area contributed by atoms with Crippen molar-refractivity contribution in [3.8, 4) is 0 Å². The molecule has 0 unspecified atom stereocenters. The van der Waals surface area contributed by atoms with Crippen LogP contribution in [0.1, 0.15) is 64.2 Å². The van der Waals surface area contributed by atoms with Gasteiger partial charge in [-0.2, -0.15) is 0 Å². The minimum atomic E-state index is -1.53. The van der Waals surface area contributed by atoms with E-state index in [0.717, 1.165) is 64.2 Å². The van der Waals surface area contributed by atoms with Crippen molar-refractivity contribution in [3.63, 3.8) is 0 Å². The summed E-state index contributed by atoms with van der Waals surface area (Å²) in [6.45, 7) is 0. The first-order valence-corrected chi connectivity index (χ1v) is 7.57. The molecule has 4 nitrogen and oxygen atoms in total. The van der Waals surface area contributed by atoms with Gasteiger partial charge in [-0.3, -0.25) is 9.59 Å². The van der Waals surface area contributed by atoms with Gasteiger partial charge >= 0.3 is 11.9 Å². The number of rotatable bonds is 4. The summed E-state index contributed by atoms with van der Waals surface area (Å²) in [7, 11) is 0. The Kier molecular flexibility index (Phi) is 4.48. The number of aliphatic carboxylic acids is 2. The predicted molar refractivity (Wildman–Crippen MR) is 70.9 cm³/mol. The molecule has 0 heterocycles. The van der Waals surface area contributed by atoms with Crippen LogP contribution in [0, 0.1) is 17.3 Å². The van der Waals surface area contributed by atoms with E-state index in [2.05, 4.69) is 0 Å². The van der Waals surface area contributed by atoms with E-state index in [0.29, 0.717) is 0 Å². The van der Waals surface area contributed by atoms with Crippen LogP contribution in [0.2, 0.25) is 0 Å². The Morgan fingerprint density at radius 3 is 1.26 bits per heavy atom. The molecule has 4 heteroatoms. The average Bonchev–Trinajstić information content (AvgIpc) is 2.41. The normalized spacial score (nSPS) is 23.2. The van der Waals surface area contributed by atoms with E-state index < -0.39 is 17.4 Å². The lowest BCUT2D eigenvalue weighted by Gasteiger charge is -2.42. The highest BCUT2D eigenvalue weighted by Gasteiger charge is 2.57. The molecule has 0 aliphatic heterocycles. The zero-order valence-corrected chi connectivity index (χ0v) is 11.4. The van der Waals surface area contributed by atoms with Crippen LogP contribution in [0.15, 0.2) is 0 Å². The van der Waals surface area contributed by atoms with Crippen molar-refractivity contribution < 1.29 is 19.8 Å². The molecule has 0 bridgehead atoms. The molecule has 2 saturated carbocycles. The van der Waals surface area contributed by atoms with Gasteiger partial charge < -0.3 is 10.2 Å². The minimum Gasteiger partial charge on any atom is -0.480 e. The van der Waals surface area contributed by atoms with E-state index in [-0.39, 0.29) is 11.8 Å². The summed E-state index contributed by atoms with van der Waals surface area (Å²) in [6.07, 6.45) is 9.14. The number of carbonyl (C=O) groups is 2. The molecule has 0 aromatic carbocycles. The Morgan fingerprint density at radius 1 is 0.684 bits per heavy atom. The van der Waals surface area contributed by atoms with Gasteiger partial charge in [0.2, 0.25) is 0 Å². The second-order valence-corrected chi connectivity index (χ2v) is 6.15. The fourth-order valence-electron chi connectivity index (χ4n) is 4.24. The van der Waals surface area contributed by atoms with Crippen LogP contribution in [0.5, 0.6) is 0 Å². The molecule has 2 aliphatic carbocycles.